The van der Waals surface area contributed by atoms with E-state index in [4.69, 9.17) is 10.8 Å². The van der Waals surface area contributed by atoms with Crippen molar-refractivity contribution < 1.29 is 19.5 Å². The minimum absolute atomic E-state index is 0.189. The Morgan fingerprint density at radius 2 is 1.88 bits per heavy atom. The Kier molecular flexibility index (Phi) is 3.82. The smallest absolute Gasteiger partial charge is 0.325 e. The van der Waals surface area contributed by atoms with Crippen molar-refractivity contribution >= 4 is 17.8 Å². The molecule has 0 aliphatic carbocycles. The fourth-order valence-corrected chi connectivity index (χ4v) is 1.16. The fourth-order valence-electron chi connectivity index (χ4n) is 1.16. The van der Waals surface area contributed by atoms with Crippen molar-refractivity contribution in [2.45, 2.75) is 13.0 Å². The van der Waals surface area contributed by atoms with Crippen molar-refractivity contribution in [1.82, 2.24) is 5.32 Å². The van der Waals surface area contributed by atoms with Gasteiger partial charge in [-0.3, -0.25) is 14.4 Å². The molecule has 0 aliphatic rings. The van der Waals surface area contributed by atoms with Crippen molar-refractivity contribution in [3.05, 3.63) is 35.4 Å². The lowest BCUT2D eigenvalue weighted by molar-refractivity contribution is -0.138. The van der Waals surface area contributed by atoms with Gasteiger partial charge in [0, 0.05) is 11.1 Å². The minimum atomic E-state index is -1.13. The molecule has 0 radical (unpaired) electrons. The normalized spacial score (nSPS) is 11.6. The number of hydrogen-bond donors (Lipinski definition) is 3. The average Bonchev–Trinajstić information content (AvgIpc) is 2.28. The van der Waals surface area contributed by atoms with E-state index in [1.807, 2.05) is 0 Å². The van der Waals surface area contributed by atoms with Crippen molar-refractivity contribution in [1.29, 1.82) is 0 Å². The highest BCUT2D eigenvalue weighted by Gasteiger charge is 2.15. The van der Waals surface area contributed by atoms with Crippen molar-refractivity contribution in [3.8, 4) is 0 Å². The molecule has 0 fully saturated rings. The second-order valence-corrected chi connectivity index (χ2v) is 3.48. The third kappa shape index (κ3) is 3.30. The summed E-state index contributed by atoms with van der Waals surface area (Å²) < 4.78 is 0. The van der Waals surface area contributed by atoms with Crippen LogP contribution in [0.3, 0.4) is 0 Å². The molecule has 2 amide bonds. The number of rotatable bonds is 4. The second-order valence-electron chi connectivity index (χ2n) is 3.48. The maximum absolute atomic E-state index is 11.6. The SMILES string of the molecule is CC(NC(=O)c1cccc(C(N)=O)c1)C(=O)O. The van der Waals surface area contributed by atoms with Gasteiger partial charge in [-0.2, -0.15) is 0 Å². The summed E-state index contributed by atoms with van der Waals surface area (Å²) in [6.45, 7) is 1.35. The lowest BCUT2D eigenvalue weighted by atomic mass is 10.1. The van der Waals surface area contributed by atoms with Gasteiger partial charge in [0.15, 0.2) is 0 Å². The van der Waals surface area contributed by atoms with Crippen LogP contribution in [0.15, 0.2) is 24.3 Å². The van der Waals surface area contributed by atoms with Crippen LogP contribution >= 0.6 is 0 Å². The molecule has 1 rings (SSSR count). The minimum Gasteiger partial charge on any atom is -0.480 e. The first-order valence-corrected chi connectivity index (χ1v) is 4.85. The molecule has 90 valence electrons. The lowest BCUT2D eigenvalue weighted by Crippen LogP contribution is -2.38. The molecule has 4 N–H and O–H groups in total. The number of benzene rings is 1. The summed E-state index contributed by atoms with van der Waals surface area (Å²) >= 11 is 0. The maximum Gasteiger partial charge on any atom is 0.325 e. The Hall–Kier alpha value is -2.37. The first-order valence-electron chi connectivity index (χ1n) is 4.85. The molecule has 17 heavy (non-hydrogen) atoms. The molecule has 0 heterocycles. The fraction of sp³-hybridized carbons (Fsp3) is 0.182. The van der Waals surface area contributed by atoms with Gasteiger partial charge < -0.3 is 16.2 Å². The molecule has 0 spiro atoms. The second kappa shape index (κ2) is 5.11. The topological polar surface area (TPSA) is 109 Å². The van der Waals surface area contributed by atoms with E-state index < -0.39 is 23.8 Å². The van der Waals surface area contributed by atoms with Gasteiger partial charge in [0.25, 0.3) is 5.91 Å². The number of carbonyl (C=O) groups is 3. The van der Waals surface area contributed by atoms with E-state index in [0.29, 0.717) is 0 Å². The summed E-state index contributed by atoms with van der Waals surface area (Å²) in [6, 6.07) is 4.75. The van der Waals surface area contributed by atoms with E-state index in [9.17, 15) is 14.4 Å². The Morgan fingerprint density at radius 3 is 2.41 bits per heavy atom. The highest BCUT2D eigenvalue weighted by atomic mass is 16.4. The lowest BCUT2D eigenvalue weighted by Gasteiger charge is -2.09. The van der Waals surface area contributed by atoms with E-state index in [1.54, 1.807) is 0 Å². The van der Waals surface area contributed by atoms with Crippen LogP contribution < -0.4 is 11.1 Å². The van der Waals surface area contributed by atoms with Gasteiger partial charge in [0.05, 0.1) is 0 Å². The molecule has 1 atom stereocenters. The Balaban J connectivity index is 2.86. The number of primary amides is 1. The van der Waals surface area contributed by atoms with E-state index in [0.717, 1.165) is 0 Å². The van der Waals surface area contributed by atoms with E-state index in [1.165, 1.54) is 31.2 Å². The predicted octanol–water partition coefficient (Wildman–Crippen LogP) is -0.0116. The van der Waals surface area contributed by atoms with Gasteiger partial charge in [0.1, 0.15) is 6.04 Å². The average molecular weight is 236 g/mol. The first-order chi connectivity index (χ1) is 7.91. The number of hydrogen-bond acceptors (Lipinski definition) is 3. The predicted molar refractivity (Wildman–Crippen MR) is 59.5 cm³/mol. The van der Waals surface area contributed by atoms with Crippen LogP contribution in [0.2, 0.25) is 0 Å². The molecule has 0 saturated carbocycles. The first kappa shape index (κ1) is 12.7. The highest BCUT2D eigenvalue weighted by molar-refractivity contribution is 6.00. The molecule has 0 bridgehead atoms. The highest BCUT2D eigenvalue weighted by Crippen LogP contribution is 2.05. The van der Waals surface area contributed by atoms with E-state index in [-0.39, 0.29) is 11.1 Å². The van der Waals surface area contributed by atoms with Crippen LogP contribution in [0.4, 0.5) is 0 Å². The Morgan fingerprint density at radius 1 is 1.29 bits per heavy atom. The standard InChI is InChI=1S/C11H12N2O4/c1-6(11(16)17)13-10(15)8-4-2-3-7(5-8)9(12)14/h2-6H,1H3,(H2,12,14)(H,13,15)(H,16,17). The van der Waals surface area contributed by atoms with E-state index in [2.05, 4.69) is 5.32 Å². The van der Waals surface area contributed by atoms with Gasteiger partial charge in [-0.1, -0.05) is 6.07 Å². The zero-order chi connectivity index (χ0) is 13.0. The summed E-state index contributed by atoms with van der Waals surface area (Å²) in [6.07, 6.45) is 0. The van der Waals surface area contributed by atoms with Crippen LogP contribution in [0.5, 0.6) is 0 Å². The summed E-state index contributed by atoms with van der Waals surface area (Å²) in [7, 11) is 0. The number of carboxylic acids is 1. The maximum atomic E-state index is 11.6. The Labute approximate surface area is 97.4 Å². The number of nitrogens with two attached hydrogens (primary N) is 1. The van der Waals surface area contributed by atoms with Crippen LogP contribution in [0.25, 0.3) is 0 Å². The van der Waals surface area contributed by atoms with Gasteiger partial charge in [0.2, 0.25) is 5.91 Å². The van der Waals surface area contributed by atoms with Gasteiger partial charge in [-0.05, 0) is 25.1 Å². The number of nitrogens with one attached hydrogen (secondary N) is 1. The molecule has 1 aromatic rings. The number of amides is 2. The Bertz CT molecular complexity index is 470. The molecule has 6 nitrogen and oxygen atoms in total. The summed E-state index contributed by atoms with van der Waals surface area (Å²) in [5.41, 5.74) is 5.45. The quantitative estimate of drug-likeness (QED) is 0.682. The largest absolute Gasteiger partial charge is 0.480 e. The van der Waals surface area contributed by atoms with Crippen molar-refractivity contribution in [3.63, 3.8) is 0 Å². The summed E-state index contributed by atoms with van der Waals surface area (Å²) in [5.74, 6) is -2.35. The zero-order valence-electron chi connectivity index (χ0n) is 9.14. The molecular weight excluding hydrogens is 224 g/mol. The number of carboxylic acid groups (broad SMARTS) is 1. The van der Waals surface area contributed by atoms with Gasteiger partial charge >= 0.3 is 5.97 Å². The monoisotopic (exact) mass is 236 g/mol. The van der Waals surface area contributed by atoms with Crippen molar-refractivity contribution in [2.75, 3.05) is 0 Å². The molecular formula is C11H12N2O4. The van der Waals surface area contributed by atoms with Crippen molar-refractivity contribution in [2.24, 2.45) is 5.73 Å². The van der Waals surface area contributed by atoms with Crippen LogP contribution in [-0.2, 0) is 4.79 Å². The van der Waals surface area contributed by atoms with Gasteiger partial charge in [-0.15, -0.1) is 0 Å². The van der Waals surface area contributed by atoms with Crippen LogP contribution in [0, 0.1) is 0 Å². The van der Waals surface area contributed by atoms with E-state index >= 15 is 0 Å². The van der Waals surface area contributed by atoms with Crippen LogP contribution in [0.1, 0.15) is 27.6 Å². The molecule has 0 aromatic heterocycles. The van der Waals surface area contributed by atoms with Crippen LogP contribution in [-0.4, -0.2) is 28.9 Å². The zero-order valence-corrected chi connectivity index (χ0v) is 9.14. The summed E-state index contributed by atoms with van der Waals surface area (Å²) in [5, 5.41) is 10.9. The third-order valence-electron chi connectivity index (χ3n) is 2.13. The number of carbonyl (C=O) groups excluding carboxylic acids is 2. The molecule has 6 heteroatoms. The molecule has 1 unspecified atom stereocenters. The molecule has 0 saturated heterocycles. The number of aliphatic carboxylic acids is 1. The third-order valence-corrected chi connectivity index (χ3v) is 2.13. The molecule has 1 aromatic carbocycles. The van der Waals surface area contributed by atoms with Gasteiger partial charge in [-0.25, -0.2) is 0 Å². The molecule has 0 aliphatic heterocycles. The summed E-state index contributed by atoms with van der Waals surface area (Å²) in [4.78, 5) is 33.1.